The SMILES string of the molecule is O=C(N1NC2CCC1C2)C12C3C4C1C1C2C3C41C(=O)N1NC2CCC1C2. The van der Waals surface area contributed by atoms with Crippen molar-refractivity contribution in [3.63, 3.8) is 0 Å². The van der Waals surface area contributed by atoms with E-state index in [2.05, 4.69) is 10.9 Å². The third-order valence-electron chi connectivity index (χ3n) is 11.0. The molecule has 0 spiro atoms. The fourth-order valence-corrected chi connectivity index (χ4v) is 10.5. The average molecular weight is 352 g/mol. The van der Waals surface area contributed by atoms with Crippen LogP contribution in [-0.4, -0.2) is 46.0 Å². The highest BCUT2D eigenvalue weighted by Crippen LogP contribution is 3.10. The summed E-state index contributed by atoms with van der Waals surface area (Å²) in [5.41, 5.74) is 6.95. The fourth-order valence-electron chi connectivity index (χ4n) is 10.5. The molecule has 2 aliphatic heterocycles. The Labute approximate surface area is 152 Å². The normalized spacial score (nSPS) is 68.0. The molecule has 10 fully saturated rings. The predicted molar refractivity (Wildman–Crippen MR) is 88.6 cm³/mol. The van der Waals surface area contributed by atoms with E-state index in [0.717, 1.165) is 12.8 Å². The molecule has 6 nitrogen and oxygen atoms in total. The van der Waals surface area contributed by atoms with Crippen LogP contribution in [0.3, 0.4) is 0 Å². The lowest BCUT2D eigenvalue weighted by atomic mass is 8.92. The van der Waals surface area contributed by atoms with Crippen LogP contribution in [0.25, 0.3) is 0 Å². The van der Waals surface area contributed by atoms with Crippen LogP contribution in [0, 0.1) is 46.3 Å². The van der Waals surface area contributed by atoms with Gasteiger partial charge in [0.25, 0.3) is 0 Å². The van der Waals surface area contributed by atoms with E-state index in [4.69, 9.17) is 0 Å². The summed E-state index contributed by atoms with van der Waals surface area (Å²) in [6.45, 7) is 0. The average Bonchev–Trinajstić information content (AvgIpc) is 3.47. The molecule has 0 radical (unpaired) electrons. The number of nitrogens with zero attached hydrogens (tertiary/aromatic N) is 2. The van der Waals surface area contributed by atoms with Crippen molar-refractivity contribution in [2.45, 2.75) is 62.7 Å². The summed E-state index contributed by atoms with van der Waals surface area (Å²) in [4.78, 5) is 26.8. The number of hydrazine groups is 2. The summed E-state index contributed by atoms with van der Waals surface area (Å²) >= 11 is 0. The molecule has 136 valence electrons. The third kappa shape index (κ3) is 0.858. The molecule has 4 atom stereocenters. The van der Waals surface area contributed by atoms with Crippen molar-refractivity contribution in [1.29, 1.82) is 0 Å². The second-order valence-electron chi connectivity index (χ2n) is 11.0. The maximum atomic E-state index is 13.4. The molecule has 0 aromatic carbocycles. The molecule has 4 unspecified atom stereocenters. The fraction of sp³-hybridized carbons (Fsp3) is 0.900. The molecule has 0 aromatic rings. The maximum Gasteiger partial charge on any atom is 0.244 e. The van der Waals surface area contributed by atoms with E-state index in [0.29, 0.717) is 71.5 Å². The Kier molecular flexibility index (Phi) is 1.70. The Morgan fingerprint density at radius 3 is 1.31 bits per heavy atom. The van der Waals surface area contributed by atoms with Gasteiger partial charge in [0.2, 0.25) is 11.8 Å². The molecule has 2 amide bonds. The van der Waals surface area contributed by atoms with Crippen molar-refractivity contribution in [3.05, 3.63) is 0 Å². The molecule has 26 heavy (non-hydrogen) atoms. The summed E-state index contributed by atoms with van der Waals surface area (Å²) in [7, 11) is 0. The quantitative estimate of drug-likeness (QED) is 0.748. The van der Waals surface area contributed by atoms with Crippen LogP contribution in [0.15, 0.2) is 0 Å². The van der Waals surface area contributed by atoms with Gasteiger partial charge in [-0.3, -0.25) is 19.6 Å². The van der Waals surface area contributed by atoms with Crippen LogP contribution in [-0.2, 0) is 9.59 Å². The first-order valence-corrected chi connectivity index (χ1v) is 10.9. The highest BCUT2D eigenvalue weighted by atomic mass is 16.2. The molecule has 8 aliphatic carbocycles. The lowest BCUT2D eigenvalue weighted by Gasteiger charge is -3.09. The van der Waals surface area contributed by atoms with Crippen LogP contribution in [0.1, 0.15) is 38.5 Å². The molecule has 0 aromatic heterocycles. The van der Waals surface area contributed by atoms with Gasteiger partial charge in [0.15, 0.2) is 0 Å². The van der Waals surface area contributed by atoms with Gasteiger partial charge < -0.3 is 0 Å². The minimum Gasteiger partial charge on any atom is -0.274 e. The van der Waals surface area contributed by atoms with Crippen LogP contribution in [0.2, 0.25) is 0 Å². The topological polar surface area (TPSA) is 64.7 Å². The van der Waals surface area contributed by atoms with Crippen molar-refractivity contribution in [1.82, 2.24) is 20.9 Å². The molecule has 2 N–H and O–H groups in total. The molecule has 2 heterocycles. The molecule has 8 saturated carbocycles. The van der Waals surface area contributed by atoms with Gasteiger partial charge in [0.1, 0.15) is 0 Å². The summed E-state index contributed by atoms with van der Waals surface area (Å²) in [6, 6.07) is 1.99. The second-order valence-corrected chi connectivity index (χ2v) is 11.0. The number of hydrogen-bond donors (Lipinski definition) is 2. The van der Waals surface area contributed by atoms with Gasteiger partial charge in [-0.05, 0) is 74.0 Å². The van der Waals surface area contributed by atoms with Crippen LogP contribution >= 0.6 is 0 Å². The number of hydrogen-bond acceptors (Lipinski definition) is 4. The van der Waals surface area contributed by atoms with E-state index in [-0.39, 0.29) is 10.8 Å². The number of amides is 2. The zero-order valence-electron chi connectivity index (χ0n) is 14.7. The van der Waals surface area contributed by atoms with E-state index in [1.807, 2.05) is 10.0 Å². The van der Waals surface area contributed by atoms with Crippen molar-refractivity contribution in [3.8, 4) is 0 Å². The lowest BCUT2D eigenvalue weighted by molar-refractivity contribution is -0.626. The first-order valence-electron chi connectivity index (χ1n) is 10.9. The second kappa shape index (κ2) is 3.37. The van der Waals surface area contributed by atoms with Crippen molar-refractivity contribution in [2.24, 2.45) is 46.3 Å². The van der Waals surface area contributed by atoms with Crippen LogP contribution in [0.5, 0.6) is 0 Å². The summed E-state index contributed by atoms with van der Waals surface area (Å²) < 4.78 is 0. The molecular weight excluding hydrogens is 328 g/mol. The Bertz CT molecular complexity index is 718. The lowest BCUT2D eigenvalue weighted by Crippen LogP contribution is -3.12. The third-order valence-corrected chi connectivity index (χ3v) is 11.0. The highest BCUT2D eigenvalue weighted by Gasteiger charge is 3.13. The van der Waals surface area contributed by atoms with E-state index in [1.165, 1.54) is 25.7 Å². The molecule has 10 aliphatic rings. The Morgan fingerprint density at radius 1 is 0.654 bits per heavy atom. The molecule has 4 bridgehead atoms. The minimum atomic E-state index is -0.0169. The first kappa shape index (κ1) is 13.1. The number of fused-ring (bicyclic) bond motifs is 4. The predicted octanol–water partition coefficient (Wildman–Crippen LogP) is 0.260. The van der Waals surface area contributed by atoms with E-state index in [1.54, 1.807) is 0 Å². The molecule has 10 rings (SSSR count). The molecule has 2 saturated heterocycles. The molecule has 6 heteroatoms. The van der Waals surface area contributed by atoms with Crippen molar-refractivity contribution >= 4 is 11.8 Å². The van der Waals surface area contributed by atoms with E-state index < -0.39 is 0 Å². The van der Waals surface area contributed by atoms with Crippen LogP contribution in [0.4, 0.5) is 0 Å². The minimum absolute atomic E-state index is 0.0169. The van der Waals surface area contributed by atoms with Gasteiger partial charge in [-0.2, -0.15) is 0 Å². The van der Waals surface area contributed by atoms with Gasteiger partial charge in [-0.15, -0.1) is 0 Å². The largest absolute Gasteiger partial charge is 0.274 e. The summed E-state index contributed by atoms with van der Waals surface area (Å²) in [5.74, 6) is 4.18. The Hall–Kier alpha value is -1.14. The summed E-state index contributed by atoms with van der Waals surface area (Å²) in [6.07, 6.45) is 7.14. The Balaban J connectivity index is 1.01. The Morgan fingerprint density at radius 2 is 1.04 bits per heavy atom. The zero-order chi connectivity index (χ0) is 16.7. The van der Waals surface area contributed by atoms with E-state index >= 15 is 0 Å². The number of carbonyl (C=O) groups excluding carboxylic acids is 2. The van der Waals surface area contributed by atoms with Gasteiger partial charge in [-0.1, -0.05) is 0 Å². The van der Waals surface area contributed by atoms with Gasteiger partial charge >= 0.3 is 0 Å². The molecular formula is C20H24N4O2. The van der Waals surface area contributed by atoms with Gasteiger partial charge in [0, 0.05) is 24.2 Å². The number of carbonyl (C=O) groups is 2. The van der Waals surface area contributed by atoms with Crippen molar-refractivity contribution < 1.29 is 9.59 Å². The number of rotatable bonds is 2. The number of nitrogens with one attached hydrogen (secondary N) is 2. The zero-order valence-corrected chi connectivity index (χ0v) is 14.7. The monoisotopic (exact) mass is 352 g/mol. The smallest absolute Gasteiger partial charge is 0.244 e. The van der Waals surface area contributed by atoms with Gasteiger partial charge in [-0.25, -0.2) is 10.9 Å². The van der Waals surface area contributed by atoms with Crippen molar-refractivity contribution in [2.75, 3.05) is 0 Å². The summed E-state index contributed by atoms with van der Waals surface area (Å²) in [5, 5.41) is 4.09. The van der Waals surface area contributed by atoms with Gasteiger partial charge in [0.05, 0.1) is 10.8 Å². The first-order chi connectivity index (χ1) is 12.7. The highest BCUT2D eigenvalue weighted by molar-refractivity contribution is 6.00. The van der Waals surface area contributed by atoms with E-state index in [9.17, 15) is 9.59 Å². The maximum absolute atomic E-state index is 13.4. The van der Waals surface area contributed by atoms with Crippen LogP contribution < -0.4 is 10.9 Å². The standard InChI is InChI=1S/C20H24N4O2/c25-17(23-9-3-1-7(5-9)21-23)19-11-14-12(19)16-13(19)15(11)20(14,16)18(26)24-10-4-2-8(6-10)22-24/h7-16,21-22H,1-6H2.